The summed E-state index contributed by atoms with van der Waals surface area (Å²) in [4.78, 5) is 4.27. The van der Waals surface area contributed by atoms with Gasteiger partial charge in [-0.05, 0) is 25.1 Å². The highest BCUT2D eigenvalue weighted by Crippen LogP contribution is 2.31. The van der Waals surface area contributed by atoms with Gasteiger partial charge in [-0.1, -0.05) is 5.16 Å². The Bertz CT molecular complexity index is 542. The molecular formula is C13H15ClN2O3. The molecule has 0 amide bonds. The van der Waals surface area contributed by atoms with Crippen LogP contribution in [-0.2, 0) is 6.42 Å². The molecule has 0 N–H and O–H groups in total. The molecule has 0 aliphatic rings. The summed E-state index contributed by atoms with van der Waals surface area (Å²) >= 11 is 5.63. The number of hydrogen-bond donors (Lipinski definition) is 0. The average molecular weight is 283 g/mol. The fraction of sp³-hybridized carbons (Fsp3) is 0.385. The molecule has 19 heavy (non-hydrogen) atoms. The van der Waals surface area contributed by atoms with Gasteiger partial charge in [-0.2, -0.15) is 4.98 Å². The molecule has 6 heteroatoms. The molecule has 0 saturated heterocycles. The fourth-order valence-electron chi connectivity index (χ4n) is 1.64. The first kappa shape index (κ1) is 13.7. The van der Waals surface area contributed by atoms with Crippen LogP contribution in [0.5, 0.6) is 11.5 Å². The lowest BCUT2D eigenvalue weighted by Crippen LogP contribution is -1.96. The van der Waals surface area contributed by atoms with E-state index in [-0.39, 0.29) is 0 Å². The standard InChI is InChI=1S/C13H15ClN2O3/c1-3-18-11-8-9(4-5-10(11)17-2)13-15-12(6-7-14)19-16-13/h4-5,8H,3,6-7H2,1-2H3. The monoisotopic (exact) mass is 282 g/mol. The first-order valence-corrected chi connectivity index (χ1v) is 6.51. The Balaban J connectivity index is 2.30. The quantitative estimate of drug-likeness (QED) is 0.763. The average Bonchev–Trinajstić information content (AvgIpc) is 2.88. The molecule has 5 nitrogen and oxygen atoms in total. The van der Waals surface area contributed by atoms with E-state index in [1.54, 1.807) is 7.11 Å². The first-order valence-electron chi connectivity index (χ1n) is 5.98. The normalized spacial score (nSPS) is 10.5. The van der Waals surface area contributed by atoms with E-state index in [4.69, 9.17) is 25.6 Å². The SMILES string of the molecule is CCOc1cc(-c2noc(CCCl)n2)ccc1OC. The largest absolute Gasteiger partial charge is 0.493 e. The summed E-state index contributed by atoms with van der Waals surface area (Å²) < 4.78 is 15.8. The van der Waals surface area contributed by atoms with Crippen molar-refractivity contribution >= 4 is 11.6 Å². The number of halogens is 1. The number of ether oxygens (including phenoxy) is 2. The minimum absolute atomic E-state index is 0.453. The summed E-state index contributed by atoms with van der Waals surface area (Å²) in [7, 11) is 1.60. The summed E-state index contributed by atoms with van der Waals surface area (Å²) in [5, 5.41) is 3.92. The third-order valence-electron chi connectivity index (χ3n) is 2.50. The minimum atomic E-state index is 0.453. The maximum atomic E-state index is 5.63. The van der Waals surface area contributed by atoms with Gasteiger partial charge in [0.15, 0.2) is 11.5 Å². The zero-order valence-electron chi connectivity index (χ0n) is 10.9. The molecule has 0 radical (unpaired) electrons. The van der Waals surface area contributed by atoms with Crippen molar-refractivity contribution in [3.05, 3.63) is 24.1 Å². The number of nitrogens with zero attached hydrogens (tertiary/aromatic N) is 2. The Labute approximate surface area is 116 Å². The van der Waals surface area contributed by atoms with Crippen LogP contribution in [0.4, 0.5) is 0 Å². The molecule has 0 aliphatic heterocycles. The minimum Gasteiger partial charge on any atom is -0.493 e. The smallest absolute Gasteiger partial charge is 0.228 e. The number of aryl methyl sites for hydroxylation is 1. The Morgan fingerprint density at radius 2 is 2.16 bits per heavy atom. The van der Waals surface area contributed by atoms with Crippen LogP contribution in [0.15, 0.2) is 22.7 Å². The van der Waals surface area contributed by atoms with Crippen molar-refractivity contribution in [3.8, 4) is 22.9 Å². The molecule has 0 spiro atoms. The van der Waals surface area contributed by atoms with Gasteiger partial charge >= 0.3 is 0 Å². The molecule has 2 rings (SSSR count). The second kappa shape index (κ2) is 6.43. The van der Waals surface area contributed by atoms with E-state index in [0.717, 1.165) is 5.56 Å². The number of benzene rings is 1. The summed E-state index contributed by atoms with van der Waals surface area (Å²) in [6.45, 7) is 2.47. The lowest BCUT2D eigenvalue weighted by Gasteiger charge is -2.09. The third kappa shape index (κ3) is 3.17. The van der Waals surface area contributed by atoms with Crippen molar-refractivity contribution in [1.82, 2.24) is 10.1 Å². The molecule has 1 aromatic heterocycles. The second-order valence-electron chi connectivity index (χ2n) is 3.75. The molecule has 1 aromatic carbocycles. The van der Waals surface area contributed by atoms with Crippen molar-refractivity contribution < 1.29 is 14.0 Å². The van der Waals surface area contributed by atoms with Gasteiger partial charge in [0.1, 0.15) is 0 Å². The first-order chi connectivity index (χ1) is 9.28. The zero-order valence-corrected chi connectivity index (χ0v) is 11.6. The molecule has 0 unspecified atom stereocenters. The summed E-state index contributed by atoms with van der Waals surface area (Å²) in [6.07, 6.45) is 0.559. The number of alkyl halides is 1. The molecule has 102 valence electrons. The van der Waals surface area contributed by atoms with E-state index in [9.17, 15) is 0 Å². The van der Waals surface area contributed by atoms with Crippen molar-refractivity contribution in [2.75, 3.05) is 19.6 Å². The Kier molecular flexibility index (Phi) is 4.63. The predicted molar refractivity (Wildman–Crippen MR) is 71.9 cm³/mol. The van der Waals surface area contributed by atoms with Crippen LogP contribution in [-0.4, -0.2) is 29.7 Å². The van der Waals surface area contributed by atoms with Crippen LogP contribution in [0.3, 0.4) is 0 Å². The molecule has 0 aliphatic carbocycles. The van der Waals surface area contributed by atoms with Crippen LogP contribution < -0.4 is 9.47 Å². The van der Waals surface area contributed by atoms with E-state index in [2.05, 4.69) is 10.1 Å². The van der Waals surface area contributed by atoms with E-state index >= 15 is 0 Å². The van der Waals surface area contributed by atoms with Crippen molar-refractivity contribution in [3.63, 3.8) is 0 Å². The number of rotatable bonds is 6. The second-order valence-corrected chi connectivity index (χ2v) is 4.13. The molecule has 0 fully saturated rings. The maximum absolute atomic E-state index is 5.63. The van der Waals surface area contributed by atoms with Gasteiger partial charge in [0.25, 0.3) is 0 Å². The number of aromatic nitrogens is 2. The van der Waals surface area contributed by atoms with Crippen LogP contribution >= 0.6 is 11.6 Å². The highest BCUT2D eigenvalue weighted by atomic mass is 35.5. The zero-order chi connectivity index (χ0) is 13.7. The van der Waals surface area contributed by atoms with E-state index in [1.807, 2.05) is 25.1 Å². The van der Waals surface area contributed by atoms with Crippen LogP contribution in [0.1, 0.15) is 12.8 Å². The van der Waals surface area contributed by atoms with Crippen LogP contribution in [0.2, 0.25) is 0 Å². The Morgan fingerprint density at radius 3 is 2.84 bits per heavy atom. The van der Waals surface area contributed by atoms with E-state index in [1.165, 1.54) is 0 Å². The highest BCUT2D eigenvalue weighted by Gasteiger charge is 2.12. The van der Waals surface area contributed by atoms with Gasteiger partial charge < -0.3 is 14.0 Å². The predicted octanol–water partition coefficient (Wildman–Crippen LogP) is 2.93. The molecule has 1 heterocycles. The number of hydrogen-bond acceptors (Lipinski definition) is 5. The molecule has 0 atom stereocenters. The van der Waals surface area contributed by atoms with Crippen LogP contribution in [0.25, 0.3) is 11.4 Å². The highest BCUT2D eigenvalue weighted by molar-refractivity contribution is 6.17. The Morgan fingerprint density at radius 1 is 1.32 bits per heavy atom. The summed E-state index contributed by atoms with van der Waals surface area (Å²) in [6, 6.07) is 5.51. The summed E-state index contributed by atoms with van der Waals surface area (Å²) in [5.74, 6) is 2.83. The third-order valence-corrected chi connectivity index (χ3v) is 2.69. The molecule has 0 bridgehead atoms. The number of methoxy groups -OCH3 is 1. The lowest BCUT2D eigenvalue weighted by atomic mass is 10.2. The summed E-state index contributed by atoms with van der Waals surface area (Å²) in [5.41, 5.74) is 0.814. The lowest BCUT2D eigenvalue weighted by molar-refractivity contribution is 0.311. The topological polar surface area (TPSA) is 57.4 Å². The van der Waals surface area contributed by atoms with Crippen molar-refractivity contribution in [2.45, 2.75) is 13.3 Å². The van der Waals surface area contributed by atoms with Gasteiger partial charge in [0.2, 0.25) is 11.7 Å². The van der Waals surface area contributed by atoms with Crippen LogP contribution in [0, 0.1) is 0 Å². The van der Waals surface area contributed by atoms with Gasteiger partial charge in [-0.25, -0.2) is 0 Å². The van der Waals surface area contributed by atoms with Crippen molar-refractivity contribution in [2.24, 2.45) is 0 Å². The van der Waals surface area contributed by atoms with Gasteiger partial charge in [0.05, 0.1) is 13.7 Å². The fourth-order valence-corrected chi connectivity index (χ4v) is 1.80. The van der Waals surface area contributed by atoms with Gasteiger partial charge in [0, 0.05) is 17.9 Å². The van der Waals surface area contributed by atoms with E-state index < -0.39 is 0 Å². The van der Waals surface area contributed by atoms with E-state index in [0.29, 0.717) is 42.1 Å². The van der Waals surface area contributed by atoms with Crippen molar-refractivity contribution in [1.29, 1.82) is 0 Å². The van der Waals surface area contributed by atoms with Gasteiger partial charge in [-0.3, -0.25) is 0 Å². The molecular weight excluding hydrogens is 268 g/mol. The maximum Gasteiger partial charge on any atom is 0.228 e. The Hall–Kier alpha value is -1.75. The van der Waals surface area contributed by atoms with Gasteiger partial charge in [-0.15, -0.1) is 11.6 Å². The molecule has 0 saturated carbocycles. The molecule has 2 aromatic rings.